The lowest BCUT2D eigenvalue weighted by molar-refractivity contribution is 0.928. The van der Waals surface area contributed by atoms with Crippen LogP contribution in [0.5, 0.6) is 0 Å². The Labute approximate surface area is 356 Å². The van der Waals surface area contributed by atoms with Crippen molar-refractivity contribution in [3.63, 3.8) is 0 Å². The molecule has 0 radical (unpaired) electrons. The molecule has 0 aliphatic rings. The highest BCUT2D eigenvalue weighted by molar-refractivity contribution is 6.12. The average Bonchev–Trinajstić information content (AvgIpc) is 3.80. The Morgan fingerprint density at radius 2 is 0.871 bits per heavy atom. The zero-order valence-electron chi connectivity index (χ0n) is 34.3. The Bertz CT molecular complexity index is 3610. The van der Waals surface area contributed by atoms with Crippen LogP contribution in [-0.4, -0.2) is 44.0 Å². The van der Waals surface area contributed by atoms with E-state index in [9.17, 15) is 5.26 Å². The molecule has 10 heteroatoms. The quantitative estimate of drug-likeness (QED) is 0.163. The second-order valence-electron chi connectivity index (χ2n) is 15.4. The molecule has 11 aromatic rings. The van der Waals surface area contributed by atoms with Gasteiger partial charge in [-0.2, -0.15) is 5.26 Å². The molecule has 0 unspecified atom stereocenters. The van der Waals surface area contributed by atoms with Crippen molar-refractivity contribution in [1.29, 1.82) is 5.26 Å². The van der Waals surface area contributed by atoms with Gasteiger partial charge < -0.3 is 9.13 Å². The van der Waals surface area contributed by atoms with E-state index in [0.717, 1.165) is 88.6 Å². The molecule has 0 aliphatic carbocycles. The minimum absolute atomic E-state index is 0.494. The molecule has 0 saturated heterocycles. The lowest BCUT2D eigenvalue weighted by Crippen LogP contribution is -2.05. The van der Waals surface area contributed by atoms with Gasteiger partial charge in [0.1, 0.15) is 29.4 Å². The fraction of sp³-hybridized carbons (Fsp3) is 0.0769. The molecule has 0 atom stereocenters. The number of para-hydroxylation sites is 2. The van der Waals surface area contributed by atoms with Gasteiger partial charge in [0.25, 0.3) is 0 Å². The molecule has 0 saturated carbocycles. The first-order valence-corrected chi connectivity index (χ1v) is 20.4. The minimum atomic E-state index is 0.494. The van der Waals surface area contributed by atoms with E-state index in [2.05, 4.69) is 116 Å². The lowest BCUT2D eigenvalue weighted by Gasteiger charge is -2.19. The van der Waals surface area contributed by atoms with Gasteiger partial charge in [0.15, 0.2) is 11.6 Å². The van der Waals surface area contributed by atoms with E-state index in [0.29, 0.717) is 40.5 Å². The van der Waals surface area contributed by atoms with Crippen molar-refractivity contribution in [3.05, 3.63) is 174 Å². The number of hydrogen-bond acceptors (Lipinski definition) is 8. The van der Waals surface area contributed by atoms with Crippen molar-refractivity contribution in [2.45, 2.75) is 27.7 Å². The normalized spacial score (nSPS) is 11.5. The van der Waals surface area contributed by atoms with Crippen LogP contribution in [0, 0.1) is 39.0 Å². The number of rotatable bonds is 6. The largest absolute Gasteiger partial charge is 0.308 e. The lowest BCUT2D eigenvalue weighted by atomic mass is 10.0. The molecule has 5 heterocycles. The first-order valence-electron chi connectivity index (χ1n) is 20.4. The van der Waals surface area contributed by atoms with Crippen LogP contribution < -0.4 is 0 Å². The van der Waals surface area contributed by atoms with E-state index < -0.39 is 0 Å². The predicted molar refractivity (Wildman–Crippen MR) is 245 cm³/mol. The second-order valence-corrected chi connectivity index (χ2v) is 15.4. The summed E-state index contributed by atoms with van der Waals surface area (Å²) in [6.07, 6.45) is 0. The minimum Gasteiger partial charge on any atom is -0.308 e. The number of pyridine rings is 1. The first-order chi connectivity index (χ1) is 30.3. The van der Waals surface area contributed by atoms with E-state index in [-0.39, 0.29) is 0 Å². The third-order valence-corrected chi connectivity index (χ3v) is 11.4. The van der Waals surface area contributed by atoms with Gasteiger partial charge in [0.05, 0.1) is 50.4 Å². The van der Waals surface area contributed by atoms with Crippen molar-refractivity contribution in [3.8, 4) is 62.7 Å². The second kappa shape index (κ2) is 14.4. The highest BCUT2D eigenvalue weighted by atomic mass is 15.0. The standard InChI is InChI=1S/C52H36N10/c1-30-54-31(2)57-51(56-30)35-21-23-40-38-15-8-10-19-45(38)61(48(40)25-35)47-28-42(44-18-12-17-43(60-44)34-13-6-5-7-14-34)50(27-37(47)29-53)62-46-20-11-9-16-39(46)41-24-22-36(26-49(41)62)52-58-32(3)55-33(4)59-52/h5-28H,1-4H3. The number of hydrogen-bond donors (Lipinski definition) is 0. The van der Waals surface area contributed by atoms with Gasteiger partial charge in [-0.15, -0.1) is 0 Å². The molecule has 0 N–H and O–H groups in total. The van der Waals surface area contributed by atoms with Gasteiger partial charge in [-0.3, -0.25) is 0 Å². The topological polar surface area (TPSA) is 124 Å². The van der Waals surface area contributed by atoms with Crippen molar-refractivity contribution in [1.82, 2.24) is 44.0 Å². The third kappa shape index (κ3) is 6.06. The van der Waals surface area contributed by atoms with Gasteiger partial charge >= 0.3 is 0 Å². The molecule has 294 valence electrons. The maximum atomic E-state index is 11.3. The smallest absolute Gasteiger partial charge is 0.163 e. The van der Waals surface area contributed by atoms with Crippen LogP contribution in [0.1, 0.15) is 28.9 Å². The van der Waals surface area contributed by atoms with Gasteiger partial charge in [0, 0.05) is 43.8 Å². The Hall–Kier alpha value is -8.42. The van der Waals surface area contributed by atoms with Crippen LogP contribution in [-0.2, 0) is 0 Å². The summed E-state index contributed by atoms with van der Waals surface area (Å²) >= 11 is 0. The molecular weight excluding hydrogens is 765 g/mol. The Morgan fingerprint density at radius 3 is 1.42 bits per heavy atom. The molecule has 0 bridgehead atoms. The Kier molecular flexibility index (Phi) is 8.51. The molecule has 62 heavy (non-hydrogen) atoms. The van der Waals surface area contributed by atoms with E-state index in [1.165, 1.54) is 0 Å². The first kappa shape index (κ1) is 36.6. The van der Waals surface area contributed by atoms with Crippen LogP contribution >= 0.6 is 0 Å². The fourth-order valence-corrected chi connectivity index (χ4v) is 8.82. The van der Waals surface area contributed by atoms with Crippen LogP contribution in [0.4, 0.5) is 0 Å². The Morgan fingerprint density at radius 1 is 0.387 bits per heavy atom. The number of nitriles is 1. The summed E-state index contributed by atoms with van der Waals surface area (Å²) in [6, 6.07) is 52.4. The zero-order chi connectivity index (χ0) is 42.1. The van der Waals surface area contributed by atoms with Crippen LogP contribution in [0.15, 0.2) is 146 Å². The third-order valence-electron chi connectivity index (χ3n) is 11.4. The summed E-state index contributed by atoms with van der Waals surface area (Å²) < 4.78 is 4.44. The summed E-state index contributed by atoms with van der Waals surface area (Å²) in [6.45, 7) is 7.52. The number of nitrogens with zero attached hydrogens (tertiary/aromatic N) is 10. The molecule has 6 aromatic carbocycles. The van der Waals surface area contributed by atoms with E-state index in [1.54, 1.807) is 0 Å². The van der Waals surface area contributed by atoms with Crippen molar-refractivity contribution < 1.29 is 0 Å². The van der Waals surface area contributed by atoms with Gasteiger partial charge in [-0.1, -0.05) is 97.1 Å². The maximum Gasteiger partial charge on any atom is 0.163 e. The maximum absolute atomic E-state index is 11.3. The number of aryl methyl sites for hydroxylation is 4. The molecular formula is C52H36N10. The summed E-state index contributed by atoms with van der Waals surface area (Å²) in [4.78, 5) is 33.1. The molecule has 0 fully saturated rings. The fourth-order valence-electron chi connectivity index (χ4n) is 8.82. The zero-order valence-corrected chi connectivity index (χ0v) is 34.3. The SMILES string of the molecule is Cc1nc(C)nc(-c2ccc3c4ccccc4n(-c4cc(-c5cccc(-c6ccccc6)n5)c(-n5c6ccccc6c6ccc(-c7nc(C)nc(C)n7)cc65)cc4C#N)c3c2)n1. The van der Waals surface area contributed by atoms with Gasteiger partial charge in [0.2, 0.25) is 0 Å². The van der Waals surface area contributed by atoms with Crippen LogP contribution in [0.25, 0.3) is 100 Å². The van der Waals surface area contributed by atoms with Crippen LogP contribution in [0.2, 0.25) is 0 Å². The predicted octanol–water partition coefficient (Wildman–Crippen LogP) is 11.4. The summed E-state index contributed by atoms with van der Waals surface area (Å²) in [5, 5.41) is 15.5. The average molecular weight is 801 g/mol. The van der Waals surface area contributed by atoms with E-state index in [1.807, 2.05) is 82.3 Å². The molecule has 5 aromatic heterocycles. The van der Waals surface area contributed by atoms with Gasteiger partial charge in [-0.25, -0.2) is 34.9 Å². The van der Waals surface area contributed by atoms with Crippen LogP contribution in [0.3, 0.4) is 0 Å². The highest BCUT2D eigenvalue weighted by Gasteiger charge is 2.23. The molecule has 11 rings (SSSR count). The summed E-state index contributed by atoms with van der Waals surface area (Å²) in [5.74, 6) is 3.82. The van der Waals surface area contributed by atoms with E-state index >= 15 is 0 Å². The molecule has 10 nitrogen and oxygen atoms in total. The molecule has 0 aliphatic heterocycles. The Balaban J connectivity index is 1.24. The summed E-state index contributed by atoms with van der Waals surface area (Å²) in [7, 11) is 0. The van der Waals surface area contributed by atoms with Crippen molar-refractivity contribution in [2.75, 3.05) is 0 Å². The molecule has 0 amide bonds. The monoisotopic (exact) mass is 800 g/mol. The molecule has 0 spiro atoms. The number of benzene rings is 6. The number of fused-ring (bicyclic) bond motifs is 6. The number of aromatic nitrogens is 9. The van der Waals surface area contributed by atoms with Crippen molar-refractivity contribution >= 4 is 43.6 Å². The van der Waals surface area contributed by atoms with E-state index in [4.69, 9.17) is 24.9 Å². The van der Waals surface area contributed by atoms with Crippen molar-refractivity contribution in [2.24, 2.45) is 0 Å². The highest BCUT2D eigenvalue weighted by Crippen LogP contribution is 2.42. The summed E-state index contributed by atoms with van der Waals surface area (Å²) in [5.41, 5.74) is 11.0. The van der Waals surface area contributed by atoms with Gasteiger partial charge in [-0.05, 0) is 76.2 Å².